The molecule has 0 bridgehead atoms. The number of benzene rings is 2. The van der Waals surface area contributed by atoms with Crippen LogP contribution in [0, 0.1) is 5.82 Å². The Labute approximate surface area is 156 Å². The predicted molar refractivity (Wildman–Crippen MR) is 96.5 cm³/mol. The van der Waals surface area contributed by atoms with Crippen molar-refractivity contribution in [3.63, 3.8) is 0 Å². The number of anilines is 2. The fourth-order valence-corrected chi connectivity index (χ4v) is 3.70. The van der Waals surface area contributed by atoms with Gasteiger partial charge in [-0.3, -0.25) is 14.8 Å². The van der Waals surface area contributed by atoms with Gasteiger partial charge in [0.2, 0.25) is 5.13 Å². The van der Waals surface area contributed by atoms with E-state index in [9.17, 15) is 17.6 Å². The number of hydrogen-bond donors (Lipinski definition) is 2. The van der Waals surface area contributed by atoms with Gasteiger partial charge in [-0.1, -0.05) is 22.9 Å². The minimum absolute atomic E-state index is 0.0381. The van der Waals surface area contributed by atoms with E-state index in [1.54, 1.807) is 0 Å². The molecule has 3 aromatic rings. The first kappa shape index (κ1) is 18.2. The van der Waals surface area contributed by atoms with Gasteiger partial charge in [-0.2, -0.15) is 0 Å². The van der Waals surface area contributed by atoms with Gasteiger partial charge in [0.15, 0.2) is 0 Å². The zero-order chi connectivity index (χ0) is 18.7. The zero-order valence-electron chi connectivity index (χ0n) is 12.8. The van der Waals surface area contributed by atoms with Crippen molar-refractivity contribution in [1.29, 1.82) is 0 Å². The molecule has 0 fully saturated rings. The summed E-state index contributed by atoms with van der Waals surface area (Å²) < 4.78 is 40.2. The van der Waals surface area contributed by atoms with Crippen molar-refractivity contribution < 1.29 is 17.6 Å². The molecule has 0 spiro atoms. The molecule has 1 heterocycles. The lowest BCUT2D eigenvalue weighted by Gasteiger charge is -2.10. The number of amides is 1. The van der Waals surface area contributed by atoms with E-state index in [4.69, 9.17) is 11.6 Å². The number of halogens is 2. The highest BCUT2D eigenvalue weighted by Gasteiger charge is 2.19. The molecule has 11 heteroatoms. The highest BCUT2D eigenvalue weighted by Crippen LogP contribution is 2.24. The number of rotatable bonds is 5. The van der Waals surface area contributed by atoms with E-state index in [1.807, 2.05) is 0 Å². The molecular weight excluding hydrogens is 403 g/mol. The van der Waals surface area contributed by atoms with E-state index in [1.165, 1.54) is 29.8 Å². The maximum absolute atomic E-state index is 12.9. The number of nitrogens with zero attached hydrogens (tertiary/aromatic N) is 2. The molecule has 0 aliphatic heterocycles. The Bertz CT molecular complexity index is 1040. The molecule has 2 aromatic carbocycles. The summed E-state index contributed by atoms with van der Waals surface area (Å²) in [5.74, 6) is -1.11. The SMILES string of the molecule is O=C(Nc1nncs1)c1cc(S(=O)(=O)Nc2ccc(F)cc2)ccc1Cl. The summed E-state index contributed by atoms with van der Waals surface area (Å²) in [4.78, 5) is 12.1. The third-order valence-electron chi connectivity index (χ3n) is 3.17. The van der Waals surface area contributed by atoms with Crippen LogP contribution in [0.15, 0.2) is 52.9 Å². The second kappa shape index (κ2) is 7.36. The topological polar surface area (TPSA) is 101 Å². The first-order chi connectivity index (χ1) is 12.3. The summed E-state index contributed by atoms with van der Waals surface area (Å²) in [5, 5.41) is 10.1. The molecule has 0 aliphatic carbocycles. The fraction of sp³-hybridized carbons (Fsp3) is 0. The fourth-order valence-electron chi connectivity index (χ4n) is 1.97. The Kier molecular flexibility index (Phi) is 5.16. The third-order valence-corrected chi connectivity index (χ3v) is 5.48. The molecule has 1 aromatic heterocycles. The molecule has 26 heavy (non-hydrogen) atoms. The van der Waals surface area contributed by atoms with E-state index in [-0.39, 0.29) is 26.3 Å². The Morgan fingerprint density at radius 3 is 2.54 bits per heavy atom. The Balaban J connectivity index is 1.88. The van der Waals surface area contributed by atoms with Crippen LogP contribution in [-0.2, 0) is 10.0 Å². The van der Waals surface area contributed by atoms with E-state index in [2.05, 4.69) is 20.2 Å². The summed E-state index contributed by atoms with van der Waals surface area (Å²) in [7, 11) is -4.00. The second-order valence-corrected chi connectivity index (χ2v) is 7.87. The molecule has 2 N–H and O–H groups in total. The number of carbonyl (C=O) groups excluding carboxylic acids is 1. The second-order valence-electron chi connectivity index (χ2n) is 4.95. The van der Waals surface area contributed by atoms with Crippen LogP contribution in [0.5, 0.6) is 0 Å². The summed E-state index contributed by atoms with van der Waals surface area (Å²) in [6.45, 7) is 0. The van der Waals surface area contributed by atoms with Crippen molar-refractivity contribution in [2.45, 2.75) is 4.90 Å². The van der Waals surface area contributed by atoms with E-state index >= 15 is 0 Å². The van der Waals surface area contributed by atoms with Crippen molar-refractivity contribution in [1.82, 2.24) is 10.2 Å². The van der Waals surface area contributed by atoms with Crippen LogP contribution in [0.4, 0.5) is 15.2 Å². The lowest BCUT2D eigenvalue weighted by molar-refractivity contribution is 0.102. The molecule has 0 unspecified atom stereocenters. The summed E-state index contributed by atoms with van der Waals surface area (Å²) in [6.07, 6.45) is 0. The van der Waals surface area contributed by atoms with Crippen molar-refractivity contribution in [3.05, 3.63) is 64.4 Å². The van der Waals surface area contributed by atoms with Gasteiger partial charge >= 0.3 is 0 Å². The number of nitrogens with one attached hydrogen (secondary N) is 2. The van der Waals surface area contributed by atoms with Gasteiger partial charge in [0.05, 0.1) is 15.5 Å². The zero-order valence-corrected chi connectivity index (χ0v) is 15.2. The average Bonchev–Trinajstić information content (AvgIpc) is 3.10. The number of hydrogen-bond acceptors (Lipinski definition) is 6. The first-order valence-corrected chi connectivity index (χ1v) is 9.75. The van der Waals surface area contributed by atoms with Crippen LogP contribution in [0.25, 0.3) is 0 Å². The maximum atomic E-state index is 12.9. The summed E-state index contributed by atoms with van der Waals surface area (Å²) in [6, 6.07) is 8.52. The van der Waals surface area contributed by atoms with Crippen molar-refractivity contribution >= 4 is 49.7 Å². The minimum atomic E-state index is -4.00. The quantitative estimate of drug-likeness (QED) is 0.669. The van der Waals surface area contributed by atoms with E-state index < -0.39 is 21.7 Å². The molecular formula is C15H10ClFN4O3S2. The molecule has 7 nitrogen and oxygen atoms in total. The molecule has 0 aliphatic rings. The van der Waals surface area contributed by atoms with Crippen LogP contribution >= 0.6 is 22.9 Å². The highest BCUT2D eigenvalue weighted by molar-refractivity contribution is 7.92. The van der Waals surface area contributed by atoms with Gasteiger partial charge in [-0.15, -0.1) is 10.2 Å². The molecule has 0 atom stereocenters. The number of carbonyl (C=O) groups is 1. The van der Waals surface area contributed by atoms with Gasteiger partial charge in [0.25, 0.3) is 15.9 Å². The van der Waals surface area contributed by atoms with Gasteiger partial charge < -0.3 is 0 Å². The Morgan fingerprint density at radius 1 is 1.15 bits per heavy atom. The Hall–Kier alpha value is -2.56. The van der Waals surface area contributed by atoms with Crippen LogP contribution in [0.3, 0.4) is 0 Å². The third kappa shape index (κ3) is 4.15. The molecule has 3 rings (SSSR count). The predicted octanol–water partition coefficient (Wildman–Crippen LogP) is 3.38. The first-order valence-electron chi connectivity index (χ1n) is 7.00. The van der Waals surface area contributed by atoms with Gasteiger partial charge in [0, 0.05) is 5.69 Å². The monoisotopic (exact) mass is 412 g/mol. The summed E-state index contributed by atoms with van der Waals surface area (Å²) >= 11 is 7.11. The van der Waals surface area contributed by atoms with Crippen LogP contribution in [0.1, 0.15) is 10.4 Å². The largest absolute Gasteiger partial charge is 0.296 e. The van der Waals surface area contributed by atoms with Crippen molar-refractivity contribution in [2.24, 2.45) is 0 Å². The molecule has 0 saturated carbocycles. The van der Waals surface area contributed by atoms with Gasteiger partial charge in [-0.25, -0.2) is 12.8 Å². The van der Waals surface area contributed by atoms with Crippen molar-refractivity contribution in [2.75, 3.05) is 10.0 Å². The van der Waals surface area contributed by atoms with Crippen LogP contribution in [-0.4, -0.2) is 24.5 Å². The standard InChI is InChI=1S/C15H10ClFN4O3S2/c16-13-6-5-11(7-12(13)14(22)19-15-20-18-8-25-15)26(23,24)21-10-3-1-9(17)2-4-10/h1-8,21H,(H,19,20,22). The number of sulfonamides is 1. The van der Waals surface area contributed by atoms with E-state index in [0.717, 1.165) is 29.5 Å². The maximum Gasteiger partial charge on any atom is 0.261 e. The normalized spacial score (nSPS) is 11.2. The average molecular weight is 413 g/mol. The molecule has 0 saturated heterocycles. The molecule has 0 radical (unpaired) electrons. The molecule has 134 valence electrons. The highest BCUT2D eigenvalue weighted by atomic mass is 35.5. The lowest BCUT2D eigenvalue weighted by atomic mass is 10.2. The Morgan fingerprint density at radius 2 is 1.88 bits per heavy atom. The summed E-state index contributed by atoms with van der Waals surface area (Å²) in [5.41, 5.74) is 1.58. The molecule has 1 amide bonds. The van der Waals surface area contributed by atoms with Crippen LogP contribution < -0.4 is 10.0 Å². The van der Waals surface area contributed by atoms with Crippen molar-refractivity contribution in [3.8, 4) is 0 Å². The smallest absolute Gasteiger partial charge is 0.261 e. The lowest BCUT2D eigenvalue weighted by Crippen LogP contribution is -2.16. The van der Waals surface area contributed by atoms with Gasteiger partial charge in [0.1, 0.15) is 11.3 Å². The number of aromatic nitrogens is 2. The van der Waals surface area contributed by atoms with Crippen LogP contribution in [0.2, 0.25) is 5.02 Å². The minimum Gasteiger partial charge on any atom is -0.296 e. The van der Waals surface area contributed by atoms with E-state index in [0.29, 0.717) is 0 Å². The van der Waals surface area contributed by atoms with Gasteiger partial charge in [-0.05, 0) is 42.5 Å².